The van der Waals surface area contributed by atoms with Crippen LogP contribution in [-0.2, 0) is 9.53 Å². The third-order valence-electron chi connectivity index (χ3n) is 3.55. The van der Waals surface area contributed by atoms with Crippen molar-refractivity contribution in [2.45, 2.75) is 45.1 Å². The SMILES string of the molecule is COC(=O)C1(NCCCN=[N+]=[N-])CCC(C)(C)C1. The minimum Gasteiger partial charge on any atom is -0.468 e. The Hall–Kier alpha value is -1.26. The van der Waals surface area contributed by atoms with E-state index in [4.69, 9.17) is 10.3 Å². The molecule has 0 aromatic carbocycles. The second-order valence-corrected chi connectivity index (χ2v) is 5.65. The van der Waals surface area contributed by atoms with Gasteiger partial charge in [0.2, 0.25) is 0 Å². The van der Waals surface area contributed by atoms with Gasteiger partial charge in [0.05, 0.1) is 7.11 Å². The molecular formula is C12H22N4O2. The zero-order chi connectivity index (χ0) is 13.6. The van der Waals surface area contributed by atoms with Gasteiger partial charge in [0, 0.05) is 11.5 Å². The van der Waals surface area contributed by atoms with Crippen molar-refractivity contribution in [3.63, 3.8) is 0 Å². The predicted octanol–water partition coefficient (Wildman–Crippen LogP) is 2.40. The van der Waals surface area contributed by atoms with Crippen molar-refractivity contribution in [2.75, 3.05) is 20.2 Å². The molecule has 0 amide bonds. The molecule has 1 unspecified atom stereocenters. The minimum absolute atomic E-state index is 0.159. The second-order valence-electron chi connectivity index (χ2n) is 5.65. The highest BCUT2D eigenvalue weighted by atomic mass is 16.5. The number of hydrogen-bond acceptors (Lipinski definition) is 4. The Labute approximate surface area is 108 Å². The highest BCUT2D eigenvalue weighted by molar-refractivity contribution is 5.81. The van der Waals surface area contributed by atoms with Crippen LogP contribution < -0.4 is 5.32 Å². The van der Waals surface area contributed by atoms with Crippen molar-refractivity contribution in [3.05, 3.63) is 10.4 Å². The van der Waals surface area contributed by atoms with Gasteiger partial charge in [-0.1, -0.05) is 19.0 Å². The molecule has 1 N–H and O–H groups in total. The topological polar surface area (TPSA) is 87.1 Å². The van der Waals surface area contributed by atoms with Gasteiger partial charge in [0.15, 0.2) is 0 Å². The summed E-state index contributed by atoms with van der Waals surface area (Å²) in [6.45, 7) is 5.44. The molecule has 6 heteroatoms. The fraction of sp³-hybridized carbons (Fsp3) is 0.917. The maximum absolute atomic E-state index is 12.0. The van der Waals surface area contributed by atoms with E-state index in [1.807, 2.05) is 0 Å². The normalized spacial score (nSPS) is 25.5. The summed E-state index contributed by atoms with van der Waals surface area (Å²) >= 11 is 0. The molecule has 0 radical (unpaired) electrons. The third-order valence-corrected chi connectivity index (χ3v) is 3.55. The standard InChI is InChI=1S/C12H22N4O2/c1-11(2)5-6-12(9-11,10(17)18-3)14-7-4-8-15-16-13/h14H,4-9H2,1-3H3. The van der Waals surface area contributed by atoms with Crippen LogP contribution in [0.25, 0.3) is 10.4 Å². The van der Waals surface area contributed by atoms with Gasteiger partial charge in [-0.15, -0.1) is 0 Å². The second kappa shape index (κ2) is 6.07. The van der Waals surface area contributed by atoms with Crippen LogP contribution in [0.3, 0.4) is 0 Å². The van der Waals surface area contributed by atoms with Crippen molar-refractivity contribution < 1.29 is 9.53 Å². The summed E-state index contributed by atoms with van der Waals surface area (Å²) < 4.78 is 4.93. The highest BCUT2D eigenvalue weighted by Crippen LogP contribution is 2.44. The summed E-state index contributed by atoms with van der Waals surface area (Å²) in [7, 11) is 1.43. The van der Waals surface area contributed by atoms with Crippen LogP contribution in [0, 0.1) is 5.41 Å². The predicted molar refractivity (Wildman–Crippen MR) is 69.0 cm³/mol. The lowest BCUT2D eigenvalue weighted by molar-refractivity contribution is -0.148. The van der Waals surface area contributed by atoms with Crippen LogP contribution in [0.4, 0.5) is 0 Å². The molecule has 0 saturated heterocycles. The van der Waals surface area contributed by atoms with Crippen molar-refractivity contribution in [1.29, 1.82) is 0 Å². The van der Waals surface area contributed by atoms with Crippen LogP contribution in [0.1, 0.15) is 39.5 Å². The molecule has 6 nitrogen and oxygen atoms in total. The largest absolute Gasteiger partial charge is 0.468 e. The van der Waals surface area contributed by atoms with Crippen molar-refractivity contribution in [1.82, 2.24) is 5.32 Å². The first-order valence-corrected chi connectivity index (χ1v) is 6.30. The van der Waals surface area contributed by atoms with Crippen molar-refractivity contribution in [2.24, 2.45) is 10.5 Å². The number of ether oxygens (including phenoxy) is 1. The Kier molecular flexibility index (Phi) is 4.99. The lowest BCUT2D eigenvalue weighted by Gasteiger charge is -2.29. The smallest absolute Gasteiger partial charge is 0.326 e. The summed E-state index contributed by atoms with van der Waals surface area (Å²) in [5.41, 5.74) is 7.78. The summed E-state index contributed by atoms with van der Waals surface area (Å²) in [4.78, 5) is 14.7. The molecule has 0 aromatic heterocycles. The molecule has 0 bridgehead atoms. The Morgan fingerprint density at radius 3 is 2.72 bits per heavy atom. The average molecular weight is 254 g/mol. The number of methoxy groups -OCH3 is 1. The van der Waals surface area contributed by atoms with Gasteiger partial charge in [-0.05, 0) is 43.2 Å². The van der Waals surface area contributed by atoms with Crippen molar-refractivity contribution in [3.8, 4) is 0 Å². The Morgan fingerprint density at radius 1 is 1.50 bits per heavy atom. The summed E-state index contributed by atoms with van der Waals surface area (Å²) in [6.07, 6.45) is 3.32. The lowest BCUT2D eigenvalue weighted by Crippen LogP contribution is -2.51. The van der Waals surface area contributed by atoms with E-state index in [1.54, 1.807) is 0 Å². The van der Waals surface area contributed by atoms with Gasteiger partial charge >= 0.3 is 5.97 Å². The molecule has 0 heterocycles. The number of nitrogens with one attached hydrogen (secondary N) is 1. The van der Waals surface area contributed by atoms with Crippen LogP contribution in [0.15, 0.2) is 5.11 Å². The molecule has 1 saturated carbocycles. The van der Waals surface area contributed by atoms with Gasteiger partial charge in [-0.25, -0.2) is 0 Å². The fourth-order valence-corrected chi connectivity index (χ4v) is 2.66. The molecule has 0 spiro atoms. The molecule has 1 aliphatic carbocycles. The van der Waals surface area contributed by atoms with E-state index in [-0.39, 0.29) is 11.4 Å². The van der Waals surface area contributed by atoms with Gasteiger partial charge in [-0.2, -0.15) is 0 Å². The summed E-state index contributed by atoms with van der Waals surface area (Å²) in [6, 6.07) is 0. The molecule has 0 aliphatic heterocycles. The number of hydrogen-bond donors (Lipinski definition) is 1. The molecule has 18 heavy (non-hydrogen) atoms. The number of azide groups is 1. The maximum atomic E-state index is 12.0. The number of nitrogens with zero attached hydrogens (tertiary/aromatic N) is 3. The van der Waals surface area contributed by atoms with E-state index < -0.39 is 5.54 Å². The molecule has 102 valence electrons. The first-order chi connectivity index (χ1) is 8.46. The average Bonchev–Trinajstić information content (AvgIpc) is 2.65. The number of carbonyl (C=O) groups excluding carboxylic acids is 1. The molecular weight excluding hydrogens is 232 g/mol. The van der Waals surface area contributed by atoms with Crippen molar-refractivity contribution >= 4 is 5.97 Å². The highest BCUT2D eigenvalue weighted by Gasteiger charge is 2.48. The zero-order valence-electron chi connectivity index (χ0n) is 11.4. The quantitative estimate of drug-likeness (QED) is 0.259. The van der Waals surface area contributed by atoms with Crippen LogP contribution in [-0.4, -0.2) is 31.7 Å². The summed E-state index contributed by atoms with van der Waals surface area (Å²) in [5, 5.41) is 6.78. The van der Waals surface area contributed by atoms with Gasteiger partial charge in [0.1, 0.15) is 5.54 Å². The van der Waals surface area contributed by atoms with E-state index in [1.165, 1.54) is 7.11 Å². The van der Waals surface area contributed by atoms with Crippen LogP contribution in [0.5, 0.6) is 0 Å². The van der Waals surface area contributed by atoms with Gasteiger partial charge < -0.3 is 10.1 Å². The molecule has 1 aliphatic rings. The van der Waals surface area contributed by atoms with Crippen LogP contribution >= 0.6 is 0 Å². The first kappa shape index (κ1) is 14.8. The van der Waals surface area contributed by atoms with E-state index in [0.29, 0.717) is 13.1 Å². The first-order valence-electron chi connectivity index (χ1n) is 6.30. The fourth-order valence-electron chi connectivity index (χ4n) is 2.66. The van der Waals surface area contributed by atoms with Crippen LogP contribution in [0.2, 0.25) is 0 Å². The Balaban J connectivity index is 2.58. The number of esters is 1. The third kappa shape index (κ3) is 3.62. The van der Waals surface area contributed by atoms with E-state index >= 15 is 0 Å². The van der Waals surface area contributed by atoms with E-state index in [2.05, 4.69) is 29.2 Å². The lowest BCUT2D eigenvalue weighted by atomic mass is 9.87. The zero-order valence-corrected chi connectivity index (χ0v) is 11.4. The number of rotatable bonds is 6. The molecule has 1 fully saturated rings. The Bertz CT molecular complexity index is 350. The number of carbonyl (C=O) groups is 1. The van der Waals surface area contributed by atoms with Gasteiger partial charge in [0.25, 0.3) is 0 Å². The van der Waals surface area contributed by atoms with Gasteiger partial charge in [-0.3, -0.25) is 4.79 Å². The molecule has 1 rings (SSSR count). The van der Waals surface area contributed by atoms with E-state index in [9.17, 15) is 4.79 Å². The maximum Gasteiger partial charge on any atom is 0.326 e. The Morgan fingerprint density at radius 2 is 2.22 bits per heavy atom. The molecule has 1 atom stereocenters. The van der Waals surface area contributed by atoms with E-state index in [0.717, 1.165) is 25.7 Å². The summed E-state index contributed by atoms with van der Waals surface area (Å²) in [5.74, 6) is -0.183. The monoisotopic (exact) mass is 254 g/mol. The molecule has 0 aromatic rings. The minimum atomic E-state index is -0.561.